The zero-order chi connectivity index (χ0) is 33.2. The van der Waals surface area contributed by atoms with Crippen molar-refractivity contribution in [3.63, 3.8) is 0 Å². The predicted octanol–water partition coefficient (Wildman–Crippen LogP) is 8.94. The molecule has 1 N–H and O–H groups in total. The molecule has 0 unspecified atom stereocenters. The number of nitrogens with one attached hydrogen (secondary N) is 1. The van der Waals surface area contributed by atoms with Crippen LogP contribution in [0.15, 0.2) is 78.9 Å². The van der Waals surface area contributed by atoms with Gasteiger partial charge in [0.2, 0.25) is 0 Å². The minimum Gasteiger partial charge on any atom is -0.543 e. The minimum absolute atomic E-state index is 0.344. The standard InChI is InChI=1S/C38H53NO5Si/c1-27(2)45(28(3)4,29(5)6)44-33-21-18-31(19-22-33)24-25-42-34-17-13-16-32(26-34)36(40)39-35(37(41)43-38(7,8)9)23-20-30-14-11-10-12-15-30/h10-19,21-22,26-29,35H,20,23-25H2,1-9H3,(H,39,40)/t35-/m0/s1. The van der Waals surface area contributed by atoms with E-state index in [0.717, 1.165) is 23.3 Å². The maximum atomic E-state index is 13.3. The van der Waals surface area contributed by atoms with Gasteiger partial charge in [-0.1, -0.05) is 90.1 Å². The highest BCUT2D eigenvalue weighted by Crippen LogP contribution is 2.42. The number of aryl methyl sites for hydroxylation is 1. The molecule has 1 atom stereocenters. The van der Waals surface area contributed by atoms with Gasteiger partial charge in [0.15, 0.2) is 0 Å². The lowest BCUT2D eigenvalue weighted by atomic mass is 10.0. The van der Waals surface area contributed by atoms with Crippen molar-refractivity contribution in [1.29, 1.82) is 0 Å². The van der Waals surface area contributed by atoms with Crippen LogP contribution < -0.4 is 14.5 Å². The van der Waals surface area contributed by atoms with Gasteiger partial charge < -0.3 is 19.2 Å². The largest absolute Gasteiger partial charge is 0.543 e. The average molecular weight is 632 g/mol. The topological polar surface area (TPSA) is 73.9 Å². The molecule has 3 rings (SSSR count). The first kappa shape index (κ1) is 35.9. The second-order valence-electron chi connectivity index (χ2n) is 13.8. The van der Waals surface area contributed by atoms with Crippen molar-refractivity contribution in [1.82, 2.24) is 5.32 Å². The lowest BCUT2D eigenvalue weighted by molar-refractivity contribution is -0.157. The van der Waals surface area contributed by atoms with E-state index in [0.29, 0.717) is 47.4 Å². The minimum atomic E-state index is -2.00. The van der Waals surface area contributed by atoms with E-state index >= 15 is 0 Å². The highest BCUT2D eigenvalue weighted by molar-refractivity contribution is 6.78. The van der Waals surface area contributed by atoms with Crippen LogP contribution in [-0.4, -0.2) is 38.4 Å². The van der Waals surface area contributed by atoms with Gasteiger partial charge >= 0.3 is 5.97 Å². The van der Waals surface area contributed by atoms with Crippen molar-refractivity contribution in [2.45, 2.75) is 110 Å². The van der Waals surface area contributed by atoms with Gasteiger partial charge in [0, 0.05) is 12.0 Å². The van der Waals surface area contributed by atoms with Gasteiger partial charge in [-0.05, 0) is 91.7 Å². The summed E-state index contributed by atoms with van der Waals surface area (Å²) in [6.45, 7) is 19.7. The fourth-order valence-corrected chi connectivity index (χ4v) is 11.4. The number of hydrogen-bond acceptors (Lipinski definition) is 5. The molecule has 0 heterocycles. The maximum Gasteiger partial charge on any atom is 0.329 e. The Hall–Kier alpha value is -3.58. The zero-order valence-corrected chi connectivity index (χ0v) is 29.7. The summed E-state index contributed by atoms with van der Waals surface area (Å²) in [4.78, 5) is 26.3. The van der Waals surface area contributed by atoms with Crippen molar-refractivity contribution in [3.8, 4) is 11.5 Å². The zero-order valence-electron chi connectivity index (χ0n) is 28.7. The number of carbonyl (C=O) groups is 2. The molecule has 0 aliphatic carbocycles. The Morgan fingerprint density at radius 2 is 1.33 bits per heavy atom. The summed E-state index contributed by atoms with van der Waals surface area (Å²) in [5.74, 6) is 0.752. The van der Waals surface area contributed by atoms with E-state index in [1.165, 1.54) is 0 Å². The SMILES string of the molecule is CC(C)[Si](Oc1ccc(CCOc2cccc(C(=O)N[C@@H](CCc3ccccc3)C(=O)OC(C)(C)C)c2)cc1)(C(C)C)C(C)C. The lowest BCUT2D eigenvalue weighted by Crippen LogP contribution is -2.50. The third-order valence-corrected chi connectivity index (χ3v) is 14.2. The van der Waals surface area contributed by atoms with E-state index in [1.807, 2.05) is 57.2 Å². The highest BCUT2D eigenvalue weighted by Gasteiger charge is 2.47. The molecule has 0 saturated heterocycles. The normalized spacial score (nSPS) is 12.7. The van der Waals surface area contributed by atoms with E-state index in [9.17, 15) is 9.59 Å². The summed E-state index contributed by atoms with van der Waals surface area (Å²) in [5, 5.41) is 2.90. The monoisotopic (exact) mass is 631 g/mol. The number of amides is 1. The van der Waals surface area contributed by atoms with E-state index in [-0.39, 0.29) is 5.91 Å². The van der Waals surface area contributed by atoms with Crippen molar-refractivity contribution in [3.05, 3.63) is 95.6 Å². The fourth-order valence-electron chi connectivity index (χ4n) is 6.11. The smallest absolute Gasteiger partial charge is 0.329 e. The summed E-state index contributed by atoms with van der Waals surface area (Å²) in [5.41, 5.74) is 3.56. The Labute approximate surface area is 272 Å². The summed E-state index contributed by atoms with van der Waals surface area (Å²) < 4.78 is 18.5. The number of benzene rings is 3. The van der Waals surface area contributed by atoms with Crippen LogP contribution >= 0.6 is 0 Å². The third kappa shape index (κ3) is 10.5. The Balaban J connectivity index is 1.60. The average Bonchev–Trinajstić information content (AvgIpc) is 2.98. The van der Waals surface area contributed by atoms with Gasteiger partial charge in [0.05, 0.1) is 6.61 Å². The second-order valence-corrected chi connectivity index (χ2v) is 19.1. The van der Waals surface area contributed by atoms with Crippen LogP contribution in [-0.2, 0) is 22.4 Å². The van der Waals surface area contributed by atoms with Crippen LogP contribution in [0.2, 0.25) is 16.6 Å². The van der Waals surface area contributed by atoms with E-state index in [2.05, 4.69) is 71.1 Å². The molecular formula is C38H53NO5Si. The molecule has 3 aromatic carbocycles. The summed E-state index contributed by atoms with van der Waals surface area (Å²) in [6.07, 6.45) is 1.79. The van der Waals surface area contributed by atoms with Gasteiger partial charge in [-0.3, -0.25) is 4.79 Å². The lowest BCUT2D eigenvalue weighted by Gasteiger charge is -2.42. The van der Waals surface area contributed by atoms with Gasteiger partial charge in [-0.15, -0.1) is 0 Å². The Morgan fingerprint density at radius 1 is 0.733 bits per heavy atom. The molecule has 0 aliphatic heterocycles. The van der Waals surface area contributed by atoms with Crippen molar-refractivity contribution < 1.29 is 23.5 Å². The quantitative estimate of drug-likeness (QED) is 0.134. The third-order valence-electron chi connectivity index (χ3n) is 8.24. The molecule has 6 nitrogen and oxygen atoms in total. The van der Waals surface area contributed by atoms with Crippen LogP contribution in [0.5, 0.6) is 11.5 Å². The van der Waals surface area contributed by atoms with Crippen LogP contribution in [0.25, 0.3) is 0 Å². The number of esters is 1. The molecular weight excluding hydrogens is 579 g/mol. The van der Waals surface area contributed by atoms with Crippen LogP contribution in [0.3, 0.4) is 0 Å². The molecule has 0 saturated carbocycles. The molecule has 1 amide bonds. The molecule has 7 heteroatoms. The van der Waals surface area contributed by atoms with Gasteiger partial charge in [-0.25, -0.2) is 4.79 Å². The summed E-state index contributed by atoms with van der Waals surface area (Å²) >= 11 is 0. The highest BCUT2D eigenvalue weighted by atomic mass is 28.4. The first-order chi connectivity index (χ1) is 21.2. The molecule has 0 radical (unpaired) electrons. The first-order valence-electron chi connectivity index (χ1n) is 16.3. The van der Waals surface area contributed by atoms with E-state index < -0.39 is 25.9 Å². The molecule has 0 fully saturated rings. The first-order valence-corrected chi connectivity index (χ1v) is 18.4. The Bertz CT molecular complexity index is 1340. The van der Waals surface area contributed by atoms with Crippen molar-refractivity contribution >= 4 is 20.2 Å². The molecule has 0 aromatic heterocycles. The van der Waals surface area contributed by atoms with Gasteiger partial charge in [0.1, 0.15) is 23.1 Å². The summed E-state index contributed by atoms with van der Waals surface area (Å²) in [6, 6.07) is 24.5. The Kier molecular flexibility index (Phi) is 12.9. The Morgan fingerprint density at radius 3 is 1.91 bits per heavy atom. The number of rotatable bonds is 15. The predicted molar refractivity (Wildman–Crippen MR) is 186 cm³/mol. The molecule has 0 aliphatic rings. The molecule has 244 valence electrons. The molecule has 45 heavy (non-hydrogen) atoms. The second kappa shape index (κ2) is 16.1. The van der Waals surface area contributed by atoms with E-state index in [4.69, 9.17) is 13.9 Å². The van der Waals surface area contributed by atoms with E-state index in [1.54, 1.807) is 18.2 Å². The number of hydrogen-bond donors (Lipinski definition) is 1. The van der Waals surface area contributed by atoms with Crippen LogP contribution in [0.1, 0.15) is 90.2 Å². The fraction of sp³-hybridized carbons (Fsp3) is 0.474. The summed E-state index contributed by atoms with van der Waals surface area (Å²) in [7, 11) is -2.00. The van der Waals surface area contributed by atoms with Crippen molar-refractivity contribution in [2.24, 2.45) is 0 Å². The maximum absolute atomic E-state index is 13.3. The van der Waals surface area contributed by atoms with Gasteiger partial charge in [0.25, 0.3) is 14.2 Å². The van der Waals surface area contributed by atoms with Crippen LogP contribution in [0.4, 0.5) is 0 Å². The number of carbonyl (C=O) groups excluding carboxylic acids is 2. The van der Waals surface area contributed by atoms with Crippen LogP contribution in [0, 0.1) is 0 Å². The molecule has 0 bridgehead atoms. The molecule has 0 spiro atoms. The van der Waals surface area contributed by atoms with Crippen molar-refractivity contribution in [2.75, 3.05) is 6.61 Å². The van der Waals surface area contributed by atoms with Gasteiger partial charge in [-0.2, -0.15) is 0 Å². The molecule has 3 aromatic rings. The number of ether oxygens (including phenoxy) is 2.